The van der Waals surface area contributed by atoms with Gasteiger partial charge in [-0.1, -0.05) is 5.92 Å². The lowest BCUT2D eigenvalue weighted by atomic mass is 10.4. The number of likely N-dealkylation sites (tertiary alicyclic amines) is 1. The smallest absolute Gasteiger partial charge is 0.138 e. The highest BCUT2D eigenvalue weighted by Gasteiger charge is 2.33. The topological polar surface area (TPSA) is 30.5 Å². The molecular formula is C9H16N4. The standard InChI is InChI=1S/C9H16N4/c1-3-8-10-11-9(12(8)2)13-6-4-5-7-13/h1,8-11H,4-7H2,2H3. The summed E-state index contributed by atoms with van der Waals surface area (Å²) in [6, 6.07) is 0. The zero-order chi connectivity index (χ0) is 9.26. The van der Waals surface area contributed by atoms with Crippen LogP contribution in [0.5, 0.6) is 0 Å². The molecule has 4 nitrogen and oxygen atoms in total. The number of nitrogens with one attached hydrogen (secondary N) is 2. The molecule has 2 aliphatic rings. The van der Waals surface area contributed by atoms with Gasteiger partial charge in [0.15, 0.2) is 0 Å². The van der Waals surface area contributed by atoms with Gasteiger partial charge in [-0.2, -0.15) is 0 Å². The fraction of sp³-hybridized carbons (Fsp3) is 0.778. The monoisotopic (exact) mass is 180 g/mol. The van der Waals surface area contributed by atoms with E-state index in [0.717, 1.165) is 0 Å². The maximum absolute atomic E-state index is 5.37. The third kappa shape index (κ3) is 1.56. The summed E-state index contributed by atoms with van der Waals surface area (Å²) >= 11 is 0. The van der Waals surface area contributed by atoms with Gasteiger partial charge in [-0.15, -0.1) is 6.42 Å². The van der Waals surface area contributed by atoms with E-state index in [1.807, 2.05) is 7.05 Å². The highest BCUT2D eigenvalue weighted by molar-refractivity contribution is 5.01. The Bertz CT molecular complexity index is 216. The molecule has 2 heterocycles. The van der Waals surface area contributed by atoms with Crippen molar-refractivity contribution in [2.75, 3.05) is 20.1 Å². The van der Waals surface area contributed by atoms with Gasteiger partial charge in [-0.25, -0.2) is 10.9 Å². The Morgan fingerprint density at radius 2 is 2.00 bits per heavy atom. The predicted octanol–water partition coefficient (Wildman–Crippen LogP) is -0.635. The first-order valence-electron chi connectivity index (χ1n) is 4.76. The summed E-state index contributed by atoms with van der Waals surface area (Å²) in [6.07, 6.45) is 8.26. The third-order valence-corrected chi connectivity index (χ3v) is 2.79. The predicted molar refractivity (Wildman–Crippen MR) is 51.3 cm³/mol. The molecule has 4 heteroatoms. The number of hydrogen-bond donors (Lipinski definition) is 2. The highest BCUT2D eigenvalue weighted by atomic mass is 15.7. The van der Waals surface area contributed by atoms with Gasteiger partial charge in [0.25, 0.3) is 0 Å². The van der Waals surface area contributed by atoms with Crippen LogP contribution in [0.4, 0.5) is 0 Å². The second kappa shape index (κ2) is 3.64. The van der Waals surface area contributed by atoms with Crippen molar-refractivity contribution in [1.82, 2.24) is 20.7 Å². The number of nitrogens with zero attached hydrogens (tertiary/aromatic N) is 2. The average molecular weight is 180 g/mol. The summed E-state index contributed by atoms with van der Waals surface area (Å²) in [5.74, 6) is 2.69. The lowest BCUT2D eigenvalue weighted by molar-refractivity contribution is 0.0921. The van der Waals surface area contributed by atoms with Crippen LogP contribution in [0.3, 0.4) is 0 Å². The molecule has 2 rings (SSSR count). The average Bonchev–Trinajstić information content (AvgIpc) is 2.72. The fourth-order valence-corrected chi connectivity index (χ4v) is 1.99. The van der Waals surface area contributed by atoms with Crippen LogP contribution in [0.1, 0.15) is 12.8 Å². The lowest BCUT2D eigenvalue weighted by Crippen LogP contribution is -2.49. The molecule has 0 bridgehead atoms. The molecule has 2 aliphatic heterocycles. The summed E-state index contributed by atoms with van der Waals surface area (Å²) < 4.78 is 0. The van der Waals surface area contributed by atoms with Crippen LogP contribution in [0.15, 0.2) is 0 Å². The van der Waals surface area contributed by atoms with Crippen LogP contribution < -0.4 is 10.9 Å². The van der Waals surface area contributed by atoms with Gasteiger partial charge in [0, 0.05) is 13.1 Å². The quantitative estimate of drug-likeness (QED) is 0.526. The molecule has 0 spiro atoms. The van der Waals surface area contributed by atoms with E-state index in [2.05, 4.69) is 26.6 Å². The van der Waals surface area contributed by atoms with E-state index < -0.39 is 0 Å². The summed E-state index contributed by atoms with van der Waals surface area (Å²) in [6.45, 7) is 2.34. The second-order valence-electron chi connectivity index (χ2n) is 3.64. The van der Waals surface area contributed by atoms with E-state index in [-0.39, 0.29) is 12.5 Å². The van der Waals surface area contributed by atoms with E-state index >= 15 is 0 Å². The molecule has 0 aliphatic carbocycles. The minimum atomic E-state index is 0.0191. The molecule has 0 radical (unpaired) electrons. The summed E-state index contributed by atoms with van der Waals surface area (Å²) in [5, 5.41) is 0. The van der Waals surface area contributed by atoms with Crippen molar-refractivity contribution in [1.29, 1.82) is 0 Å². The van der Waals surface area contributed by atoms with Crippen LogP contribution in [0.2, 0.25) is 0 Å². The zero-order valence-corrected chi connectivity index (χ0v) is 7.95. The Labute approximate surface area is 79.2 Å². The van der Waals surface area contributed by atoms with Crippen molar-refractivity contribution in [3.05, 3.63) is 0 Å². The minimum absolute atomic E-state index is 0.0191. The van der Waals surface area contributed by atoms with Crippen molar-refractivity contribution in [2.24, 2.45) is 0 Å². The van der Waals surface area contributed by atoms with Gasteiger partial charge in [0.2, 0.25) is 0 Å². The molecule has 2 atom stereocenters. The van der Waals surface area contributed by atoms with Crippen molar-refractivity contribution in [3.8, 4) is 12.3 Å². The Morgan fingerprint density at radius 3 is 2.54 bits per heavy atom. The first kappa shape index (κ1) is 8.97. The third-order valence-electron chi connectivity index (χ3n) is 2.79. The molecule has 2 unspecified atom stereocenters. The molecule has 72 valence electrons. The number of hydrogen-bond acceptors (Lipinski definition) is 4. The lowest BCUT2D eigenvalue weighted by Gasteiger charge is -2.28. The van der Waals surface area contributed by atoms with Crippen LogP contribution in [0, 0.1) is 12.3 Å². The highest BCUT2D eigenvalue weighted by Crippen LogP contribution is 2.15. The van der Waals surface area contributed by atoms with E-state index in [1.165, 1.54) is 25.9 Å². The van der Waals surface area contributed by atoms with Crippen LogP contribution in [-0.2, 0) is 0 Å². The molecule has 0 aromatic rings. The van der Waals surface area contributed by atoms with Crippen molar-refractivity contribution in [2.45, 2.75) is 25.3 Å². The van der Waals surface area contributed by atoms with E-state index in [0.29, 0.717) is 0 Å². The van der Waals surface area contributed by atoms with Crippen molar-refractivity contribution in [3.63, 3.8) is 0 Å². The van der Waals surface area contributed by atoms with Crippen LogP contribution >= 0.6 is 0 Å². The Hall–Kier alpha value is -0.600. The summed E-state index contributed by atoms with van der Waals surface area (Å²) in [5.41, 5.74) is 6.29. The maximum Gasteiger partial charge on any atom is 0.138 e. The maximum atomic E-state index is 5.37. The SMILES string of the molecule is C#CC1NNC(N2CCCC2)N1C. The summed E-state index contributed by atoms with van der Waals surface area (Å²) in [4.78, 5) is 4.55. The molecule has 0 aromatic carbocycles. The molecule has 13 heavy (non-hydrogen) atoms. The number of terminal acetylenes is 1. The van der Waals surface area contributed by atoms with E-state index in [1.54, 1.807) is 0 Å². The normalized spacial score (nSPS) is 36.6. The van der Waals surface area contributed by atoms with Crippen LogP contribution in [-0.4, -0.2) is 42.4 Å². The fourth-order valence-electron chi connectivity index (χ4n) is 1.99. The first-order chi connectivity index (χ1) is 6.33. The number of hydrazine groups is 1. The van der Waals surface area contributed by atoms with Gasteiger partial charge < -0.3 is 0 Å². The molecule has 0 saturated carbocycles. The van der Waals surface area contributed by atoms with Crippen molar-refractivity contribution < 1.29 is 0 Å². The Morgan fingerprint density at radius 1 is 1.31 bits per heavy atom. The van der Waals surface area contributed by atoms with Gasteiger partial charge in [-0.05, 0) is 19.9 Å². The second-order valence-corrected chi connectivity index (χ2v) is 3.64. The molecule has 0 aromatic heterocycles. The van der Waals surface area contributed by atoms with Crippen LogP contribution in [0.25, 0.3) is 0 Å². The van der Waals surface area contributed by atoms with Gasteiger partial charge in [0.1, 0.15) is 12.5 Å². The van der Waals surface area contributed by atoms with E-state index in [9.17, 15) is 0 Å². The molecule has 2 saturated heterocycles. The molecule has 0 amide bonds. The summed E-state index contributed by atoms with van der Waals surface area (Å²) in [7, 11) is 2.04. The molecular weight excluding hydrogens is 164 g/mol. The Balaban J connectivity index is 1.98. The minimum Gasteiger partial charge on any atom is -0.275 e. The van der Waals surface area contributed by atoms with Crippen molar-refractivity contribution >= 4 is 0 Å². The van der Waals surface area contributed by atoms with E-state index in [4.69, 9.17) is 6.42 Å². The van der Waals surface area contributed by atoms with Gasteiger partial charge in [-0.3, -0.25) is 9.80 Å². The largest absolute Gasteiger partial charge is 0.275 e. The first-order valence-corrected chi connectivity index (χ1v) is 4.76. The van der Waals surface area contributed by atoms with Gasteiger partial charge in [0.05, 0.1) is 0 Å². The Kier molecular flexibility index (Phi) is 2.51. The van der Waals surface area contributed by atoms with Gasteiger partial charge >= 0.3 is 0 Å². The molecule has 2 fully saturated rings. The number of rotatable bonds is 1. The zero-order valence-electron chi connectivity index (χ0n) is 7.95. The molecule has 2 N–H and O–H groups in total.